The van der Waals surface area contributed by atoms with Gasteiger partial charge in [-0.05, 0) is 12.1 Å². The molecule has 3 nitrogen and oxygen atoms in total. The van der Waals surface area contributed by atoms with Crippen molar-refractivity contribution in [3.05, 3.63) is 47.2 Å². The summed E-state index contributed by atoms with van der Waals surface area (Å²) in [5.74, 6) is 0.628. The van der Waals surface area contributed by atoms with E-state index < -0.39 is 5.82 Å². The minimum absolute atomic E-state index is 0.0761. The summed E-state index contributed by atoms with van der Waals surface area (Å²) in [6.07, 6.45) is -0.231. The average Bonchev–Trinajstić information content (AvgIpc) is 2.49. The first kappa shape index (κ1) is 13.2. The summed E-state index contributed by atoms with van der Waals surface area (Å²) in [6, 6.07) is 10.2. The standard InChI is InChI=1S/C15H13ClFNO2/c16-12-5-1-3-10(14(12)17)11-4-2-6-13-15(11)20-9(7-18)8-19-13/h1-6,9H,7-8,18H2/t9-/m0/s1. The first-order valence-electron chi connectivity index (χ1n) is 6.27. The lowest BCUT2D eigenvalue weighted by Crippen LogP contribution is -2.35. The van der Waals surface area contributed by atoms with E-state index in [9.17, 15) is 4.39 Å². The molecule has 2 aromatic carbocycles. The van der Waals surface area contributed by atoms with Crippen molar-refractivity contribution in [3.8, 4) is 22.6 Å². The molecule has 1 atom stereocenters. The Balaban J connectivity index is 2.13. The summed E-state index contributed by atoms with van der Waals surface area (Å²) in [5, 5.41) is 0.0761. The lowest BCUT2D eigenvalue weighted by atomic mass is 10.0. The molecule has 0 aliphatic carbocycles. The van der Waals surface area contributed by atoms with Crippen molar-refractivity contribution in [1.82, 2.24) is 0 Å². The maximum atomic E-state index is 14.2. The molecule has 0 spiro atoms. The smallest absolute Gasteiger partial charge is 0.169 e. The van der Waals surface area contributed by atoms with Crippen LogP contribution in [0.3, 0.4) is 0 Å². The molecule has 3 rings (SSSR count). The molecular weight excluding hydrogens is 281 g/mol. The minimum atomic E-state index is -0.471. The summed E-state index contributed by atoms with van der Waals surface area (Å²) in [6.45, 7) is 0.733. The van der Waals surface area contributed by atoms with Gasteiger partial charge < -0.3 is 15.2 Å². The average molecular weight is 294 g/mol. The number of fused-ring (bicyclic) bond motifs is 1. The molecule has 0 saturated carbocycles. The van der Waals surface area contributed by atoms with Gasteiger partial charge in [-0.15, -0.1) is 0 Å². The highest BCUT2D eigenvalue weighted by atomic mass is 35.5. The van der Waals surface area contributed by atoms with Crippen molar-refractivity contribution in [2.75, 3.05) is 13.2 Å². The van der Waals surface area contributed by atoms with Gasteiger partial charge in [0.2, 0.25) is 0 Å². The van der Waals surface area contributed by atoms with E-state index in [1.54, 1.807) is 30.3 Å². The third-order valence-corrected chi connectivity index (χ3v) is 3.48. The van der Waals surface area contributed by atoms with Crippen LogP contribution in [0.1, 0.15) is 0 Å². The monoisotopic (exact) mass is 293 g/mol. The molecule has 0 unspecified atom stereocenters. The quantitative estimate of drug-likeness (QED) is 0.924. The third kappa shape index (κ3) is 2.21. The number of halogens is 2. The Hall–Kier alpha value is -1.78. The van der Waals surface area contributed by atoms with Crippen molar-refractivity contribution in [1.29, 1.82) is 0 Å². The third-order valence-electron chi connectivity index (χ3n) is 3.19. The second-order valence-electron chi connectivity index (χ2n) is 4.52. The first-order chi connectivity index (χ1) is 9.70. The molecule has 1 aliphatic rings. The summed E-state index contributed by atoms with van der Waals surface area (Å²) >= 11 is 5.84. The number of benzene rings is 2. The molecule has 20 heavy (non-hydrogen) atoms. The number of hydrogen-bond donors (Lipinski definition) is 1. The van der Waals surface area contributed by atoms with Crippen LogP contribution in [-0.2, 0) is 0 Å². The zero-order valence-corrected chi connectivity index (χ0v) is 11.4. The predicted octanol–water partition coefficient (Wildman–Crippen LogP) is 3.24. The number of rotatable bonds is 2. The fraction of sp³-hybridized carbons (Fsp3) is 0.200. The number of para-hydroxylation sites is 1. The lowest BCUT2D eigenvalue weighted by Gasteiger charge is -2.27. The van der Waals surface area contributed by atoms with Gasteiger partial charge in [0.25, 0.3) is 0 Å². The van der Waals surface area contributed by atoms with Crippen molar-refractivity contribution in [2.24, 2.45) is 5.73 Å². The van der Waals surface area contributed by atoms with Crippen LogP contribution < -0.4 is 15.2 Å². The summed E-state index contributed by atoms with van der Waals surface area (Å²) in [7, 11) is 0. The van der Waals surface area contributed by atoms with Gasteiger partial charge in [-0.2, -0.15) is 0 Å². The Kier molecular flexibility index (Phi) is 3.51. The molecule has 1 heterocycles. The minimum Gasteiger partial charge on any atom is -0.486 e. The molecule has 5 heteroatoms. The molecule has 0 fully saturated rings. The van der Waals surface area contributed by atoms with Gasteiger partial charge in [0.1, 0.15) is 18.5 Å². The molecule has 2 N–H and O–H groups in total. The van der Waals surface area contributed by atoms with Crippen LogP contribution in [0.15, 0.2) is 36.4 Å². The molecule has 2 aromatic rings. The van der Waals surface area contributed by atoms with Gasteiger partial charge in [-0.3, -0.25) is 0 Å². The van der Waals surface area contributed by atoms with E-state index in [0.29, 0.717) is 35.8 Å². The topological polar surface area (TPSA) is 44.5 Å². The summed E-state index contributed by atoms with van der Waals surface area (Å²) in [5.41, 5.74) is 6.60. The molecule has 0 bridgehead atoms. The Bertz CT molecular complexity index is 648. The van der Waals surface area contributed by atoms with Crippen LogP contribution in [0.5, 0.6) is 11.5 Å². The summed E-state index contributed by atoms with van der Waals surface area (Å²) in [4.78, 5) is 0. The van der Waals surface area contributed by atoms with Crippen LogP contribution >= 0.6 is 11.6 Å². The van der Waals surface area contributed by atoms with Crippen molar-refractivity contribution in [2.45, 2.75) is 6.10 Å². The normalized spacial score (nSPS) is 17.1. The molecule has 0 aromatic heterocycles. The van der Waals surface area contributed by atoms with Gasteiger partial charge in [-0.25, -0.2) is 4.39 Å². The van der Waals surface area contributed by atoms with E-state index in [4.69, 9.17) is 26.8 Å². The Morgan fingerprint density at radius 3 is 2.75 bits per heavy atom. The predicted molar refractivity (Wildman–Crippen MR) is 75.8 cm³/mol. The highest BCUT2D eigenvalue weighted by Crippen LogP contribution is 2.42. The maximum absolute atomic E-state index is 14.2. The van der Waals surface area contributed by atoms with Gasteiger partial charge in [0, 0.05) is 17.7 Å². The Morgan fingerprint density at radius 1 is 1.20 bits per heavy atom. The zero-order valence-electron chi connectivity index (χ0n) is 10.6. The van der Waals surface area contributed by atoms with Crippen LogP contribution in [0.2, 0.25) is 5.02 Å². The molecule has 104 valence electrons. The first-order valence-corrected chi connectivity index (χ1v) is 6.65. The van der Waals surface area contributed by atoms with Crippen LogP contribution in [0.25, 0.3) is 11.1 Å². The van der Waals surface area contributed by atoms with Gasteiger partial charge >= 0.3 is 0 Å². The van der Waals surface area contributed by atoms with E-state index in [1.165, 1.54) is 6.07 Å². The number of ether oxygens (including phenoxy) is 2. The zero-order chi connectivity index (χ0) is 14.1. The summed E-state index contributed by atoms with van der Waals surface area (Å²) < 4.78 is 25.6. The Labute approximate surface area is 121 Å². The van der Waals surface area contributed by atoms with E-state index in [2.05, 4.69) is 0 Å². The van der Waals surface area contributed by atoms with Gasteiger partial charge in [-0.1, -0.05) is 35.9 Å². The van der Waals surface area contributed by atoms with Crippen LogP contribution in [0.4, 0.5) is 4.39 Å². The molecule has 0 amide bonds. The second kappa shape index (κ2) is 5.31. The molecule has 0 radical (unpaired) electrons. The van der Waals surface area contributed by atoms with Crippen molar-refractivity contribution in [3.63, 3.8) is 0 Å². The lowest BCUT2D eigenvalue weighted by molar-refractivity contribution is 0.0976. The molecule has 1 aliphatic heterocycles. The molecule has 0 saturated heterocycles. The van der Waals surface area contributed by atoms with E-state index in [-0.39, 0.29) is 11.1 Å². The fourth-order valence-electron chi connectivity index (χ4n) is 2.17. The molecular formula is C15H13ClFNO2. The maximum Gasteiger partial charge on any atom is 0.169 e. The van der Waals surface area contributed by atoms with Crippen molar-refractivity contribution < 1.29 is 13.9 Å². The van der Waals surface area contributed by atoms with E-state index in [1.807, 2.05) is 0 Å². The van der Waals surface area contributed by atoms with Crippen LogP contribution in [0, 0.1) is 5.82 Å². The van der Waals surface area contributed by atoms with E-state index >= 15 is 0 Å². The highest BCUT2D eigenvalue weighted by molar-refractivity contribution is 6.31. The van der Waals surface area contributed by atoms with Crippen molar-refractivity contribution >= 4 is 11.6 Å². The van der Waals surface area contributed by atoms with Gasteiger partial charge in [0.15, 0.2) is 11.5 Å². The fourth-order valence-corrected chi connectivity index (χ4v) is 2.35. The number of hydrogen-bond acceptors (Lipinski definition) is 3. The largest absolute Gasteiger partial charge is 0.486 e. The van der Waals surface area contributed by atoms with E-state index in [0.717, 1.165) is 0 Å². The number of nitrogens with two attached hydrogens (primary N) is 1. The Morgan fingerprint density at radius 2 is 1.95 bits per heavy atom. The van der Waals surface area contributed by atoms with Gasteiger partial charge in [0.05, 0.1) is 5.02 Å². The second-order valence-corrected chi connectivity index (χ2v) is 4.93. The van der Waals surface area contributed by atoms with Crippen LogP contribution in [-0.4, -0.2) is 19.3 Å². The SMILES string of the molecule is NC[C@H]1COc2cccc(-c3cccc(Cl)c3F)c2O1. The highest BCUT2D eigenvalue weighted by Gasteiger charge is 2.24.